The van der Waals surface area contributed by atoms with Crippen molar-refractivity contribution < 1.29 is 23.4 Å². The van der Waals surface area contributed by atoms with Gasteiger partial charge in [0.15, 0.2) is 0 Å². The van der Waals surface area contributed by atoms with Crippen LogP contribution in [0.1, 0.15) is 20.3 Å². The molecule has 0 radical (unpaired) electrons. The highest BCUT2D eigenvalue weighted by Crippen LogP contribution is 2.13. The molecule has 0 amide bonds. The van der Waals surface area contributed by atoms with E-state index in [2.05, 4.69) is 4.74 Å². The van der Waals surface area contributed by atoms with Crippen molar-refractivity contribution in [1.29, 1.82) is 0 Å². The summed E-state index contributed by atoms with van der Waals surface area (Å²) in [5, 5.41) is 8.61. The summed E-state index contributed by atoms with van der Waals surface area (Å²) in [6.07, 6.45) is 0.349. The molecule has 78 valence electrons. The quantitative estimate of drug-likeness (QED) is 0.706. The summed E-state index contributed by atoms with van der Waals surface area (Å²) in [5.41, 5.74) is 0. The molecule has 0 aliphatic rings. The second kappa shape index (κ2) is 5.85. The van der Waals surface area contributed by atoms with E-state index in [0.29, 0.717) is 6.42 Å². The summed E-state index contributed by atoms with van der Waals surface area (Å²) in [4.78, 5) is 10.5. The number of ether oxygens (including phenoxy) is 1. The van der Waals surface area contributed by atoms with E-state index in [1.54, 1.807) is 0 Å². The Morgan fingerprint density at radius 1 is 1.46 bits per heavy atom. The highest BCUT2D eigenvalue weighted by Gasteiger charge is 2.20. The van der Waals surface area contributed by atoms with Crippen molar-refractivity contribution in [2.24, 2.45) is 11.8 Å². The van der Waals surface area contributed by atoms with Crippen LogP contribution < -0.4 is 0 Å². The predicted molar refractivity (Wildman–Crippen MR) is 42.5 cm³/mol. The van der Waals surface area contributed by atoms with Crippen molar-refractivity contribution in [3.63, 3.8) is 0 Å². The fourth-order valence-corrected chi connectivity index (χ4v) is 0.998. The molecule has 0 aliphatic carbocycles. The average Bonchev–Trinajstić information content (AvgIpc) is 1.96. The lowest BCUT2D eigenvalue weighted by Crippen LogP contribution is -2.22. The lowest BCUT2D eigenvalue weighted by Gasteiger charge is -2.14. The molecule has 3 nitrogen and oxygen atoms in total. The Hall–Kier alpha value is -0.710. The van der Waals surface area contributed by atoms with Crippen LogP contribution in [0.15, 0.2) is 0 Å². The van der Waals surface area contributed by atoms with Crippen molar-refractivity contribution in [2.45, 2.75) is 26.9 Å². The molecular formula is C8H14F2O3. The van der Waals surface area contributed by atoms with Gasteiger partial charge in [0, 0.05) is 0 Å². The second-order valence-corrected chi connectivity index (χ2v) is 3.26. The van der Waals surface area contributed by atoms with Gasteiger partial charge in [0.1, 0.15) is 0 Å². The highest BCUT2D eigenvalue weighted by molar-refractivity contribution is 5.70. The number of carboxylic acids is 1. The van der Waals surface area contributed by atoms with Gasteiger partial charge < -0.3 is 9.84 Å². The van der Waals surface area contributed by atoms with Gasteiger partial charge in [-0.2, -0.15) is 8.78 Å². The first kappa shape index (κ1) is 12.3. The molecule has 1 unspecified atom stereocenters. The summed E-state index contributed by atoms with van der Waals surface area (Å²) < 4.78 is 27.1. The number of hydrogen-bond acceptors (Lipinski definition) is 2. The van der Waals surface area contributed by atoms with Crippen LogP contribution in [-0.2, 0) is 9.53 Å². The van der Waals surface area contributed by atoms with E-state index in [9.17, 15) is 13.6 Å². The van der Waals surface area contributed by atoms with Crippen LogP contribution in [0.4, 0.5) is 8.78 Å². The minimum Gasteiger partial charge on any atom is -0.481 e. The molecule has 0 saturated heterocycles. The van der Waals surface area contributed by atoms with Gasteiger partial charge in [-0.3, -0.25) is 4.79 Å². The minimum atomic E-state index is -2.89. The van der Waals surface area contributed by atoms with Crippen molar-refractivity contribution in [2.75, 3.05) is 6.61 Å². The number of hydrogen-bond donors (Lipinski definition) is 1. The van der Waals surface area contributed by atoms with Gasteiger partial charge in [-0.05, 0) is 12.3 Å². The van der Waals surface area contributed by atoms with E-state index in [-0.39, 0.29) is 5.92 Å². The number of aliphatic carboxylic acids is 1. The molecule has 0 aromatic carbocycles. The zero-order valence-corrected chi connectivity index (χ0v) is 7.67. The van der Waals surface area contributed by atoms with E-state index in [1.807, 2.05) is 13.8 Å². The van der Waals surface area contributed by atoms with Crippen LogP contribution >= 0.6 is 0 Å². The summed E-state index contributed by atoms with van der Waals surface area (Å²) in [6.45, 7) is 0.343. The Kier molecular flexibility index (Phi) is 5.53. The number of alkyl halides is 2. The van der Waals surface area contributed by atoms with Gasteiger partial charge in [0.2, 0.25) is 0 Å². The van der Waals surface area contributed by atoms with Gasteiger partial charge in [-0.25, -0.2) is 0 Å². The maximum absolute atomic E-state index is 11.6. The number of carbonyl (C=O) groups is 1. The summed E-state index contributed by atoms with van der Waals surface area (Å²) in [6, 6.07) is 0. The van der Waals surface area contributed by atoms with E-state index >= 15 is 0 Å². The Morgan fingerprint density at radius 2 is 2.00 bits per heavy atom. The van der Waals surface area contributed by atoms with E-state index in [4.69, 9.17) is 5.11 Å². The molecule has 0 bridgehead atoms. The maximum Gasteiger partial charge on any atom is 0.345 e. The van der Waals surface area contributed by atoms with Crippen LogP contribution in [0.3, 0.4) is 0 Å². The zero-order chi connectivity index (χ0) is 10.4. The predicted octanol–water partition coefficient (Wildman–Crippen LogP) is 1.97. The molecule has 13 heavy (non-hydrogen) atoms. The van der Waals surface area contributed by atoms with E-state index in [0.717, 1.165) is 0 Å². The largest absolute Gasteiger partial charge is 0.481 e. The lowest BCUT2D eigenvalue weighted by molar-refractivity contribution is -0.159. The molecule has 0 fully saturated rings. The summed E-state index contributed by atoms with van der Waals surface area (Å²) in [5.74, 6) is -1.77. The topological polar surface area (TPSA) is 46.5 Å². The third-order valence-corrected chi connectivity index (χ3v) is 1.53. The van der Waals surface area contributed by atoms with Crippen molar-refractivity contribution in [3.05, 3.63) is 0 Å². The van der Waals surface area contributed by atoms with Gasteiger partial charge in [-0.1, -0.05) is 13.8 Å². The van der Waals surface area contributed by atoms with Crippen LogP contribution in [0.25, 0.3) is 0 Å². The Labute approximate surface area is 75.7 Å². The van der Waals surface area contributed by atoms with Gasteiger partial charge >= 0.3 is 12.6 Å². The third-order valence-electron chi connectivity index (χ3n) is 1.53. The third kappa shape index (κ3) is 6.45. The molecule has 0 rings (SSSR count). The Morgan fingerprint density at radius 3 is 2.31 bits per heavy atom. The molecular weight excluding hydrogens is 182 g/mol. The van der Waals surface area contributed by atoms with Crippen LogP contribution in [0.2, 0.25) is 0 Å². The van der Waals surface area contributed by atoms with Crippen LogP contribution in [0.5, 0.6) is 0 Å². The molecule has 0 aliphatic heterocycles. The normalized spacial score (nSPS) is 13.7. The first-order chi connectivity index (χ1) is 5.93. The monoisotopic (exact) mass is 196 g/mol. The van der Waals surface area contributed by atoms with Crippen molar-refractivity contribution in [3.8, 4) is 0 Å². The minimum absolute atomic E-state index is 0.155. The van der Waals surface area contributed by atoms with Gasteiger partial charge in [-0.15, -0.1) is 0 Å². The Balaban J connectivity index is 3.88. The van der Waals surface area contributed by atoms with Gasteiger partial charge in [0.25, 0.3) is 0 Å². The summed E-state index contributed by atoms with van der Waals surface area (Å²) >= 11 is 0. The fourth-order valence-electron chi connectivity index (χ4n) is 0.998. The van der Waals surface area contributed by atoms with Crippen molar-refractivity contribution >= 4 is 5.97 Å². The van der Waals surface area contributed by atoms with Crippen LogP contribution in [0, 0.1) is 11.8 Å². The number of carboxylic acid groups (broad SMARTS) is 1. The number of halogens is 2. The van der Waals surface area contributed by atoms with Gasteiger partial charge in [0.05, 0.1) is 12.5 Å². The second-order valence-electron chi connectivity index (χ2n) is 3.26. The van der Waals surface area contributed by atoms with Crippen LogP contribution in [-0.4, -0.2) is 24.3 Å². The molecule has 1 N–H and O–H groups in total. The number of rotatable bonds is 6. The Bertz CT molecular complexity index is 159. The molecule has 0 aromatic heterocycles. The SMILES string of the molecule is CC(C)CC(COC(F)F)C(=O)O. The molecule has 0 aromatic rings. The molecule has 0 spiro atoms. The lowest BCUT2D eigenvalue weighted by atomic mass is 9.98. The van der Waals surface area contributed by atoms with E-state index in [1.165, 1.54) is 0 Å². The maximum atomic E-state index is 11.6. The first-order valence-corrected chi connectivity index (χ1v) is 4.06. The van der Waals surface area contributed by atoms with E-state index < -0.39 is 25.1 Å². The summed E-state index contributed by atoms with van der Waals surface area (Å²) in [7, 11) is 0. The molecule has 0 saturated carbocycles. The molecule has 1 atom stereocenters. The fraction of sp³-hybridized carbons (Fsp3) is 0.875. The zero-order valence-electron chi connectivity index (χ0n) is 7.67. The smallest absolute Gasteiger partial charge is 0.345 e. The molecule has 5 heteroatoms. The highest BCUT2D eigenvalue weighted by atomic mass is 19.3. The van der Waals surface area contributed by atoms with Crippen molar-refractivity contribution in [1.82, 2.24) is 0 Å². The average molecular weight is 196 g/mol. The molecule has 0 heterocycles. The first-order valence-electron chi connectivity index (χ1n) is 4.06. The standard InChI is InChI=1S/C8H14F2O3/c1-5(2)3-6(7(11)12)4-13-8(9)10/h5-6,8H,3-4H2,1-2H3,(H,11,12).